The summed E-state index contributed by atoms with van der Waals surface area (Å²) in [5.41, 5.74) is 2.71. The van der Waals surface area contributed by atoms with Crippen LogP contribution in [0.3, 0.4) is 0 Å². The number of aromatic nitrogens is 3. The highest BCUT2D eigenvalue weighted by Crippen LogP contribution is 2.25. The van der Waals surface area contributed by atoms with Gasteiger partial charge < -0.3 is 10.1 Å². The molecule has 8 heteroatoms. The molecule has 35 heavy (non-hydrogen) atoms. The van der Waals surface area contributed by atoms with E-state index in [1.807, 2.05) is 47.0 Å². The topological polar surface area (TPSA) is 69.0 Å². The number of carbonyl (C=O) groups is 1. The van der Waals surface area contributed by atoms with Crippen LogP contribution in [0, 0.1) is 5.82 Å². The van der Waals surface area contributed by atoms with Crippen LogP contribution in [0.15, 0.2) is 90.1 Å². The summed E-state index contributed by atoms with van der Waals surface area (Å²) < 4.78 is 20.7. The summed E-state index contributed by atoms with van der Waals surface area (Å²) in [6.07, 6.45) is 3.83. The molecule has 0 aliphatic carbocycles. The second-order valence-corrected chi connectivity index (χ2v) is 8.69. The molecule has 6 nitrogen and oxygen atoms in total. The molecule has 0 atom stereocenters. The molecule has 1 N–H and O–H groups in total. The highest BCUT2D eigenvalue weighted by molar-refractivity contribution is 7.99. The first-order valence-corrected chi connectivity index (χ1v) is 12.1. The zero-order chi connectivity index (χ0) is 24.5. The van der Waals surface area contributed by atoms with Gasteiger partial charge in [0.1, 0.15) is 11.6 Å². The Balaban J connectivity index is 1.49. The minimum atomic E-state index is -0.351. The van der Waals surface area contributed by atoms with Crippen molar-refractivity contribution in [3.8, 4) is 11.4 Å². The highest BCUT2D eigenvalue weighted by atomic mass is 32.2. The van der Waals surface area contributed by atoms with Gasteiger partial charge in [0.2, 0.25) is 5.91 Å². The van der Waals surface area contributed by atoms with Crippen LogP contribution < -0.4 is 10.1 Å². The van der Waals surface area contributed by atoms with Crippen LogP contribution in [0.4, 0.5) is 4.39 Å². The fraction of sp³-hybridized carbons (Fsp3) is 0.148. The molecule has 4 aromatic rings. The standard InChI is InChI=1S/C27H25FN4O2S/c1-34-24-12-6-11-23(18-24)32-25(19-29-26(33)14-13-21-9-5-10-22(28)17-21)30-31-27(32)35-16-15-20-7-3-2-4-8-20/h2-14,17-18H,15-16,19H2,1H3,(H,29,33). The van der Waals surface area contributed by atoms with Crippen molar-refractivity contribution in [1.29, 1.82) is 0 Å². The van der Waals surface area contributed by atoms with Crippen LogP contribution in [0.1, 0.15) is 17.0 Å². The van der Waals surface area contributed by atoms with Gasteiger partial charge in [-0.2, -0.15) is 0 Å². The number of hydrogen-bond donors (Lipinski definition) is 1. The van der Waals surface area contributed by atoms with E-state index in [2.05, 4.69) is 27.6 Å². The SMILES string of the molecule is COc1cccc(-n2c(CNC(=O)C=Cc3cccc(F)c3)nnc2SCCc2ccccc2)c1. The van der Waals surface area contributed by atoms with Gasteiger partial charge in [-0.15, -0.1) is 10.2 Å². The summed E-state index contributed by atoms with van der Waals surface area (Å²) in [7, 11) is 1.62. The quantitative estimate of drug-likeness (QED) is 0.249. The Hall–Kier alpha value is -3.91. The fourth-order valence-corrected chi connectivity index (χ4v) is 4.39. The molecule has 1 amide bonds. The second-order valence-electron chi connectivity index (χ2n) is 7.63. The van der Waals surface area contributed by atoms with E-state index < -0.39 is 0 Å². The van der Waals surface area contributed by atoms with E-state index in [0.717, 1.165) is 23.0 Å². The van der Waals surface area contributed by atoms with Gasteiger partial charge in [0, 0.05) is 17.9 Å². The molecule has 0 radical (unpaired) electrons. The van der Waals surface area contributed by atoms with Crippen molar-refractivity contribution in [1.82, 2.24) is 20.1 Å². The Morgan fingerprint density at radius 1 is 1.06 bits per heavy atom. The molecule has 0 saturated carbocycles. The lowest BCUT2D eigenvalue weighted by molar-refractivity contribution is -0.116. The zero-order valence-electron chi connectivity index (χ0n) is 19.2. The van der Waals surface area contributed by atoms with Crippen LogP contribution >= 0.6 is 11.8 Å². The number of methoxy groups -OCH3 is 1. The molecule has 0 aliphatic heterocycles. The molecule has 0 unspecified atom stereocenters. The molecule has 1 aromatic heterocycles. The summed E-state index contributed by atoms with van der Waals surface area (Å²) in [6, 6.07) is 23.9. The Labute approximate surface area is 207 Å². The Bertz CT molecular complexity index is 1310. The van der Waals surface area contributed by atoms with Crippen LogP contribution in [0.5, 0.6) is 5.75 Å². The number of halogens is 1. The lowest BCUT2D eigenvalue weighted by Gasteiger charge is -2.12. The van der Waals surface area contributed by atoms with Gasteiger partial charge in [-0.25, -0.2) is 4.39 Å². The normalized spacial score (nSPS) is 11.0. The third-order valence-corrected chi connectivity index (χ3v) is 6.10. The van der Waals surface area contributed by atoms with E-state index in [4.69, 9.17) is 4.74 Å². The molecule has 0 bridgehead atoms. The van der Waals surface area contributed by atoms with Crippen LogP contribution in [-0.4, -0.2) is 33.5 Å². The maximum absolute atomic E-state index is 13.3. The molecule has 0 aliphatic rings. The number of hydrogen-bond acceptors (Lipinski definition) is 5. The minimum Gasteiger partial charge on any atom is -0.497 e. The summed E-state index contributed by atoms with van der Waals surface area (Å²) >= 11 is 1.60. The fourth-order valence-electron chi connectivity index (χ4n) is 3.43. The van der Waals surface area contributed by atoms with Crippen molar-refractivity contribution < 1.29 is 13.9 Å². The molecule has 1 heterocycles. The van der Waals surface area contributed by atoms with Gasteiger partial charge in [0.25, 0.3) is 0 Å². The maximum atomic E-state index is 13.3. The Kier molecular flexibility index (Phi) is 8.30. The van der Waals surface area contributed by atoms with E-state index in [9.17, 15) is 9.18 Å². The summed E-state index contributed by atoms with van der Waals surface area (Å²) in [5, 5.41) is 12.3. The largest absolute Gasteiger partial charge is 0.497 e. The van der Waals surface area contributed by atoms with Gasteiger partial charge >= 0.3 is 0 Å². The Morgan fingerprint density at radius 2 is 1.89 bits per heavy atom. The summed E-state index contributed by atoms with van der Waals surface area (Å²) in [5.74, 6) is 1.47. The summed E-state index contributed by atoms with van der Waals surface area (Å²) in [6.45, 7) is 0.176. The number of ether oxygens (including phenoxy) is 1. The third kappa shape index (κ3) is 6.80. The van der Waals surface area contributed by atoms with Gasteiger partial charge in [-0.3, -0.25) is 9.36 Å². The first-order valence-electron chi connectivity index (χ1n) is 11.1. The lowest BCUT2D eigenvalue weighted by Crippen LogP contribution is -2.22. The maximum Gasteiger partial charge on any atom is 0.244 e. The van der Waals surface area contributed by atoms with Crippen LogP contribution in [0.2, 0.25) is 0 Å². The van der Waals surface area contributed by atoms with E-state index in [0.29, 0.717) is 17.1 Å². The first kappa shape index (κ1) is 24.2. The molecular weight excluding hydrogens is 463 g/mol. The predicted octanol–water partition coefficient (Wildman–Crippen LogP) is 5.08. The van der Waals surface area contributed by atoms with Crippen LogP contribution in [0.25, 0.3) is 11.8 Å². The van der Waals surface area contributed by atoms with E-state index >= 15 is 0 Å². The molecule has 0 saturated heterocycles. The second kappa shape index (κ2) is 12.0. The van der Waals surface area contributed by atoms with E-state index in [1.165, 1.54) is 23.8 Å². The highest BCUT2D eigenvalue weighted by Gasteiger charge is 2.15. The van der Waals surface area contributed by atoms with Gasteiger partial charge in [-0.1, -0.05) is 60.3 Å². The number of benzene rings is 3. The number of aryl methyl sites for hydroxylation is 1. The van der Waals surface area contributed by atoms with Crippen molar-refractivity contribution in [3.05, 3.63) is 108 Å². The first-order chi connectivity index (χ1) is 17.1. The van der Waals surface area contributed by atoms with E-state index in [-0.39, 0.29) is 18.3 Å². The van der Waals surface area contributed by atoms with E-state index in [1.54, 1.807) is 37.1 Å². The number of nitrogens with zero attached hydrogens (tertiary/aromatic N) is 3. The van der Waals surface area contributed by atoms with Crippen molar-refractivity contribution in [2.24, 2.45) is 0 Å². The molecule has 0 fully saturated rings. The zero-order valence-corrected chi connectivity index (χ0v) is 20.0. The molecule has 4 rings (SSSR count). The molecule has 178 valence electrons. The Morgan fingerprint density at radius 3 is 2.69 bits per heavy atom. The number of nitrogens with one attached hydrogen (secondary N) is 1. The molecular formula is C27H25FN4O2S. The van der Waals surface area contributed by atoms with Crippen molar-refractivity contribution in [3.63, 3.8) is 0 Å². The average molecular weight is 489 g/mol. The third-order valence-electron chi connectivity index (χ3n) is 5.17. The van der Waals surface area contributed by atoms with Gasteiger partial charge in [0.05, 0.1) is 19.3 Å². The monoisotopic (exact) mass is 488 g/mol. The average Bonchev–Trinajstić information content (AvgIpc) is 3.29. The number of amides is 1. The molecule has 3 aromatic carbocycles. The number of rotatable bonds is 10. The van der Waals surface area contributed by atoms with Crippen molar-refractivity contribution in [2.45, 2.75) is 18.1 Å². The predicted molar refractivity (Wildman–Crippen MR) is 136 cm³/mol. The number of carbonyl (C=O) groups excluding carboxylic acids is 1. The van der Waals surface area contributed by atoms with Gasteiger partial charge in [0.15, 0.2) is 11.0 Å². The number of thioether (sulfide) groups is 1. The van der Waals surface area contributed by atoms with Crippen molar-refractivity contribution in [2.75, 3.05) is 12.9 Å². The van der Waals surface area contributed by atoms with Crippen LogP contribution in [-0.2, 0) is 17.8 Å². The molecule has 0 spiro atoms. The van der Waals surface area contributed by atoms with Gasteiger partial charge in [-0.05, 0) is 47.9 Å². The minimum absolute atomic E-state index is 0.176. The lowest BCUT2D eigenvalue weighted by atomic mass is 10.2. The summed E-state index contributed by atoms with van der Waals surface area (Å²) in [4.78, 5) is 12.4. The smallest absolute Gasteiger partial charge is 0.244 e. The van der Waals surface area contributed by atoms with Crippen molar-refractivity contribution >= 4 is 23.7 Å².